The van der Waals surface area contributed by atoms with Crippen LogP contribution in [0.25, 0.3) is 0 Å². The molecule has 0 aliphatic heterocycles. The molecule has 0 saturated carbocycles. The maximum atomic E-state index is 2.49. The third-order valence-corrected chi connectivity index (χ3v) is 3.86. The van der Waals surface area contributed by atoms with Gasteiger partial charge < -0.3 is 0 Å². The van der Waals surface area contributed by atoms with Crippen LogP contribution < -0.4 is 0 Å². The summed E-state index contributed by atoms with van der Waals surface area (Å²) in [5.41, 5.74) is 0.611. The molecule has 2 aliphatic carbocycles. The molecule has 2 aliphatic rings. The van der Waals surface area contributed by atoms with Gasteiger partial charge in [-0.15, -0.1) is 0 Å². The highest BCUT2D eigenvalue weighted by molar-refractivity contribution is 5.04. The molecule has 0 saturated heterocycles. The summed E-state index contributed by atoms with van der Waals surface area (Å²) in [4.78, 5) is 0. The lowest BCUT2D eigenvalue weighted by Gasteiger charge is -2.40. The number of rotatable bonds is 0. The second kappa shape index (κ2) is 4.82. The van der Waals surface area contributed by atoms with Crippen LogP contribution in [0.1, 0.15) is 45.4 Å². The predicted octanol–water partition coefficient (Wildman–Crippen LogP) is 4.42. The molecule has 0 heteroatoms. The third kappa shape index (κ3) is 2.29. The Morgan fingerprint density at radius 2 is 1.79 bits per heavy atom. The van der Waals surface area contributed by atoms with E-state index in [-0.39, 0.29) is 7.43 Å². The van der Waals surface area contributed by atoms with Gasteiger partial charge in [0.05, 0.1) is 0 Å². The first-order valence-electron chi connectivity index (χ1n) is 5.61. The van der Waals surface area contributed by atoms with Crippen LogP contribution in [-0.2, 0) is 0 Å². The zero-order valence-corrected chi connectivity index (χ0v) is 9.34. The van der Waals surface area contributed by atoms with E-state index < -0.39 is 0 Å². The van der Waals surface area contributed by atoms with Crippen LogP contribution in [0, 0.1) is 18.8 Å². The molecule has 0 fully saturated rings. The Bertz CT molecular complexity index is 224. The molecule has 0 aromatic heterocycles. The first kappa shape index (κ1) is 11.6. The van der Waals surface area contributed by atoms with Crippen LogP contribution in [0.2, 0.25) is 0 Å². The molecule has 0 aromatic carbocycles. The van der Waals surface area contributed by atoms with Gasteiger partial charge in [0.25, 0.3) is 0 Å². The lowest BCUT2D eigenvalue weighted by Crippen LogP contribution is -2.29. The van der Waals surface area contributed by atoms with Gasteiger partial charge in [-0.1, -0.05) is 38.7 Å². The highest BCUT2D eigenvalue weighted by Crippen LogP contribution is 2.44. The molecule has 2 unspecified atom stereocenters. The quantitative estimate of drug-likeness (QED) is 0.496. The maximum Gasteiger partial charge on any atom is -0.0257 e. The van der Waals surface area contributed by atoms with Crippen LogP contribution in [0.3, 0.4) is 0 Å². The van der Waals surface area contributed by atoms with Crippen LogP contribution in [0.5, 0.6) is 0 Å². The Morgan fingerprint density at radius 3 is 2.57 bits per heavy atom. The van der Waals surface area contributed by atoms with Crippen molar-refractivity contribution >= 4 is 0 Å². The topological polar surface area (TPSA) is 0 Å². The van der Waals surface area contributed by atoms with Crippen molar-refractivity contribution < 1.29 is 0 Å². The minimum Gasteiger partial charge on any atom is -0.0885 e. The maximum absolute atomic E-state index is 2.49. The highest BCUT2D eigenvalue weighted by atomic mass is 14.4. The molecule has 2 radical (unpaired) electrons. The lowest BCUT2D eigenvalue weighted by molar-refractivity contribution is 0.158. The number of hydrogen-bond acceptors (Lipinski definition) is 0. The molecule has 0 aromatic rings. The second-order valence-electron chi connectivity index (χ2n) is 4.86. The van der Waals surface area contributed by atoms with E-state index in [9.17, 15) is 0 Å². The van der Waals surface area contributed by atoms with Gasteiger partial charge in [-0.25, -0.2) is 0 Å². The van der Waals surface area contributed by atoms with Crippen LogP contribution in [0.4, 0.5) is 0 Å². The molecular formula is C14H22. The van der Waals surface area contributed by atoms with Gasteiger partial charge in [0.1, 0.15) is 0 Å². The van der Waals surface area contributed by atoms with Crippen molar-refractivity contribution in [1.29, 1.82) is 0 Å². The van der Waals surface area contributed by atoms with E-state index in [4.69, 9.17) is 0 Å². The number of allylic oxidation sites excluding steroid dienone is 4. The zero-order chi connectivity index (χ0) is 9.15. The molecule has 0 nitrogen and oxygen atoms in total. The summed E-state index contributed by atoms with van der Waals surface area (Å²) in [6.45, 7) is 2.49. The Kier molecular flexibility index (Phi) is 3.97. The minimum atomic E-state index is 0. The fraction of sp³-hybridized carbons (Fsp3) is 0.643. The molecule has 0 bridgehead atoms. The predicted molar refractivity (Wildman–Crippen MR) is 62.9 cm³/mol. The van der Waals surface area contributed by atoms with E-state index >= 15 is 0 Å². The Labute approximate surface area is 89.1 Å². The second-order valence-corrected chi connectivity index (χ2v) is 4.86. The molecule has 0 amide bonds. The van der Waals surface area contributed by atoms with Crippen molar-refractivity contribution in [3.8, 4) is 0 Å². The summed E-state index contributed by atoms with van der Waals surface area (Å²) >= 11 is 0. The standard InChI is InChI=1S/C13H20.CH2/c1-13-10-6-3-2-4-8-12(13)9-5-7-11-13;/h2,4-5,7,12H,3,6,8-11H2,1H3;1H2. The third-order valence-electron chi connectivity index (χ3n) is 3.86. The molecule has 0 heterocycles. The summed E-state index contributed by atoms with van der Waals surface area (Å²) in [6, 6.07) is 0. The van der Waals surface area contributed by atoms with Gasteiger partial charge >= 0.3 is 0 Å². The largest absolute Gasteiger partial charge is 0.0885 e. The van der Waals surface area contributed by atoms with E-state index in [0.29, 0.717) is 5.41 Å². The highest BCUT2D eigenvalue weighted by Gasteiger charge is 2.33. The Hall–Kier alpha value is -0.520. The van der Waals surface area contributed by atoms with E-state index in [1.807, 2.05) is 0 Å². The SMILES string of the molecule is CC12CC=CCC1CC=CCCC2.[CH2]. The summed E-state index contributed by atoms with van der Waals surface area (Å²) in [7, 11) is 0. The summed E-state index contributed by atoms with van der Waals surface area (Å²) in [6.07, 6.45) is 17.6. The van der Waals surface area contributed by atoms with Crippen LogP contribution in [-0.4, -0.2) is 0 Å². The molecule has 78 valence electrons. The molecular weight excluding hydrogens is 168 g/mol. The first-order valence-corrected chi connectivity index (χ1v) is 5.61. The Morgan fingerprint density at radius 1 is 1.07 bits per heavy atom. The molecule has 14 heavy (non-hydrogen) atoms. The van der Waals surface area contributed by atoms with Crippen molar-refractivity contribution in [3.05, 3.63) is 31.7 Å². The van der Waals surface area contributed by atoms with Crippen molar-refractivity contribution in [1.82, 2.24) is 0 Å². The van der Waals surface area contributed by atoms with Gasteiger partial charge in [0, 0.05) is 0 Å². The summed E-state index contributed by atoms with van der Waals surface area (Å²) in [5, 5.41) is 0. The van der Waals surface area contributed by atoms with E-state index in [0.717, 1.165) is 5.92 Å². The first-order chi connectivity index (χ1) is 6.31. The van der Waals surface area contributed by atoms with Gasteiger partial charge in [-0.05, 0) is 49.9 Å². The fourth-order valence-electron chi connectivity index (χ4n) is 2.75. The van der Waals surface area contributed by atoms with Crippen molar-refractivity contribution in [2.45, 2.75) is 45.4 Å². The summed E-state index contributed by atoms with van der Waals surface area (Å²) in [5.74, 6) is 0.911. The van der Waals surface area contributed by atoms with Crippen LogP contribution >= 0.6 is 0 Å². The number of fused-ring (bicyclic) bond motifs is 1. The van der Waals surface area contributed by atoms with Gasteiger partial charge in [-0.3, -0.25) is 0 Å². The van der Waals surface area contributed by atoms with Crippen LogP contribution in [0.15, 0.2) is 24.3 Å². The van der Waals surface area contributed by atoms with Gasteiger partial charge in [0.2, 0.25) is 0 Å². The van der Waals surface area contributed by atoms with E-state index in [1.54, 1.807) is 0 Å². The van der Waals surface area contributed by atoms with Gasteiger partial charge in [0.15, 0.2) is 0 Å². The van der Waals surface area contributed by atoms with Crippen molar-refractivity contribution in [2.24, 2.45) is 11.3 Å². The zero-order valence-electron chi connectivity index (χ0n) is 9.34. The van der Waals surface area contributed by atoms with E-state index in [1.165, 1.54) is 38.5 Å². The van der Waals surface area contributed by atoms with Gasteiger partial charge in [-0.2, -0.15) is 0 Å². The lowest BCUT2D eigenvalue weighted by atomic mass is 9.65. The Balaban J connectivity index is 0.000000980. The van der Waals surface area contributed by atoms with E-state index in [2.05, 4.69) is 31.2 Å². The van der Waals surface area contributed by atoms with Crippen molar-refractivity contribution in [3.63, 3.8) is 0 Å². The average Bonchev–Trinajstić information content (AvgIpc) is 2.09. The summed E-state index contributed by atoms with van der Waals surface area (Å²) < 4.78 is 0. The monoisotopic (exact) mass is 190 g/mol. The number of hydrogen-bond donors (Lipinski definition) is 0. The molecule has 0 spiro atoms. The smallest absolute Gasteiger partial charge is 0.0257 e. The van der Waals surface area contributed by atoms with Crippen molar-refractivity contribution in [2.75, 3.05) is 0 Å². The molecule has 2 atom stereocenters. The normalized spacial score (nSPS) is 36.5. The molecule has 2 rings (SSSR count). The molecule has 0 N–H and O–H groups in total. The average molecular weight is 190 g/mol. The fourth-order valence-corrected chi connectivity index (χ4v) is 2.75. The minimum absolute atomic E-state index is 0.